The van der Waals surface area contributed by atoms with Crippen molar-refractivity contribution in [3.8, 4) is 11.4 Å². The first kappa shape index (κ1) is 28.2. The summed E-state index contributed by atoms with van der Waals surface area (Å²) in [5.41, 5.74) is 1.98. The topological polar surface area (TPSA) is 146 Å². The average Bonchev–Trinajstić information content (AvgIpc) is 3.68. The number of carbonyl (C=O) groups excluding carboxylic acids is 1. The van der Waals surface area contributed by atoms with Gasteiger partial charge in [-0.3, -0.25) is 9.11 Å². The zero-order chi connectivity index (χ0) is 28.7. The molecule has 0 bridgehead atoms. The fraction of sp³-hybridized carbons (Fsp3) is 0.462. The summed E-state index contributed by atoms with van der Waals surface area (Å²) in [6.45, 7) is 6.31. The first-order valence-corrected chi connectivity index (χ1v) is 14.4. The summed E-state index contributed by atoms with van der Waals surface area (Å²) in [5, 5.41) is 8.54. The number of hydrogen-bond acceptors (Lipinski definition) is 9. The lowest BCUT2D eigenvalue weighted by Crippen LogP contribution is -2.44. The van der Waals surface area contributed by atoms with Gasteiger partial charge >= 0.3 is 6.03 Å². The molecular weight excluding hydrogens is 546 g/mol. The smallest absolute Gasteiger partial charge is 0.319 e. The highest BCUT2D eigenvalue weighted by atomic mass is 32.3. The van der Waals surface area contributed by atoms with Crippen molar-refractivity contribution in [2.24, 2.45) is 0 Å². The first-order valence-electron chi connectivity index (χ1n) is 12.9. The minimum Gasteiger partial charge on any atom is -0.377 e. The Balaban J connectivity index is 1.52. The minimum absolute atomic E-state index is 0.0424. The summed E-state index contributed by atoms with van der Waals surface area (Å²) < 4.78 is 57.9. The largest absolute Gasteiger partial charge is 0.377 e. The van der Waals surface area contributed by atoms with E-state index >= 15 is 0 Å². The highest BCUT2D eigenvalue weighted by Gasteiger charge is 2.59. The Bertz CT molecular complexity index is 1360. The third kappa shape index (κ3) is 5.36. The number of amides is 2. The second-order valence-corrected chi connectivity index (χ2v) is 12.3. The number of rotatable bonds is 8. The van der Waals surface area contributed by atoms with Crippen molar-refractivity contribution >= 4 is 28.1 Å². The monoisotopic (exact) mass is 578 g/mol. The quantitative estimate of drug-likeness (QED) is 0.285. The molecule has 1 atom stereocenters. The zero-order valence-corrected chi connectivity index (χ0v) is 23.2. The molecule has 2 amide bonds. The van der Waals surface area contributed by atoms with Gasteiger partial charge in [-0.1, -0.05) is 5.16 Å². The number of urea groups is 1. The predicted octanol–water partition coefficient (Wildman–Crippen LogP) is 5.16. The van der Waals surface area contributed by atoms with Gasteiger partial charge < -0.3 is 24.8 Å². The number of anilines is 2. The van der Waals surface area contributed by atoms with Crippen molar-refractivity contribution in [3.63, 3.8) is 0 Å². The van der Waals surface area contributed by atoms with Crippen LogP contribution in [0.2, 0.25) is 0 Å². The number of aryl methyl sites for hydroxylation is 2. The molecule has 11 nitrogen and oxygen atoms in total. The van der Waals surface area contributed by atoms with Crippen LogP contribution >= 0.6 is 10.6 Å². The number of ether oxygens (including phenoxy) is 1. The van der Waals surface area contributed by atoms with E-state index < -0.39 is 34.3 Å². The van der Waals surface area contributed by atoms with Gasteiger partial charge in [-0.15, -0.1) is 0 Å². The summed E-state index contributed by atoms with van der Waals surface area (Å²) in [4.78, 5) is 24.0. The van der Waals surface area contributed by atoms with E-state index in [1.54, 1.807) is 38.1 Å². The van der Waals surface area contributed by atoms with Gasteiger partial charge in [0.25, 0.3) is 6.43 Å². The van der Waals surface area contributed by atoms with E-state index in [-0.39, 0.29) is 6.04 Å². The maximum atomic E-state index is 12.4. The molecule has 0 spiro atoms. The van der Waals surface area contributed by atoms with E-state index in [1.165, 1.54) is 0 Å². The van der Waals surface area contributed by atoms with E-state index in [0.29, 0.717) is 77.5 Å². The minimum atomic E-state index is -3.39. The zero-order valence-electron chi connectivity index (χ0n) is 22.4. The van der Waals surface area contributed by atoms with Crippen LogP contribution in [0.3, 0.4) is 0 Å². The third-order valence-corrected chi connectivity index (χ3v) is 10.0. The molecule has 1 saturated carbocycles. The van der Waals surface area contributed by atoms with Crippen molar-refractivity contribution in [1.29, 1.82) is 0 Å². The molecule has 4 N–H and O–H groups in total. The molecule has 1 aliphatic carbocycles. The van der Waals surface area contributed by atoms with Crippen molar-refractivity contribution in [2.75, 3.05) is 36.5 Å². The van der Waals surface area contributed by atoms with Crippen LogP contribution in [-0.4, -0.2) is 69.0 Å². The number of halogens is 2. The van der Waals surface area contributed by atoms with Crippen molar-refractivity contribution in [2.45, 2.75) is 55.7 Å². The second kappa shape index (κ2) is 10.9. The summed E-state index contributed by atoms with van der Waals surface area (Å²) in [7, 11) is -3.39. The first-order chi connectivity index (χ1) is 19.0. The Labute approximate surface area is 231 Å². The summed E-state index contributed by atoms with van der Waals surface area (Å²) in [5.74, 6) is 1.38. The lowest BCUT2D eigenvalue weighted by atomic mass is 10.1. The second-order valence-electron chi connectivity index (χ2n) is 10.1. The van der Waals surface area contributed by atoms with E-state index in [4.69, 9.17) is 19.2 Å². The lowest BCUT2D eigenvalue weighted by molar-refractivity contribution is 0.0985. The van der Waals surface area contributed by atoms with Crippen LogP contribution in [0.25, 0.3) is 11.4 Å². The molecule has 1 aliphatic heterocycles. The Morgan fingerprint density at radius 2 is 1.95 bits per heavy atom. The van der Waals surface area contributed by atoms with E-state index in [0.717, 1.165) is 0 Å². The van der Waals surface area contributed by atoms with Gasteiger partial charge in [-0.05, 0) is 57.9 Å². The lowest BCUT2D eigenvalue weighted by Gasteiger charge is -2.41. The average molecular weight is 579 g/mol. The molecular formula is C26H32F2N6O5S. The van der Waals surface area contributed by atoms with E-state index in [2.05, 4.69) is 20.7 Å². The highest BCUT2D eigenvalue weighted by Crippen LogP contribution is 2.76. The molecule has 2 fully saturated rings. The Hall–Kier alpha value is -3.33. The molecule has 40 heavy (non-hydrogen) atoms. The Kier molecular flexibility index (Phi) is 7.70. The molecule has 3 aromatic rings. The number of carbonyl (C=O) groups is 1. The number of hydrogen-bond donors (Lipinski definition) is 4. The van der Waals surface area contributed by atoms with Gasteiger partial charge in [0.05, 0.1) is 31.5 Å². The number of nitrogens with one attached hydrogen (secondary N) is 2. The number of morpholine rings is 1. The Morgan fingerprint density at radius 3 is 2.55 bits per heavy atom. The summed E-state index contributed by atoms with van der Waals surface area (Å²) in [6.07, 6.45) is -1.61. The molecule has 3 heterocycles. The maximum absolute atomic E-state index is 12.4. The molecule has 14 heteroatoms. The molecule has 216 valence electrons. The third-order valence-electron chi connectivity index (χ3n) is 7.16. The van der Waals surface area contributed by atoms with Gasteiger partial charge in [-0.2, -0.15) is 10.6 Å². The van der Waals surface area contributed by atoms with Gasteiger partial charge in [0.1, 0.15) is 21.2 Å². The van der Waals surface area contributed by atoms with Crippen molar-refractivity contribution < 1.29 is 31.9 Å². The summed E-state index contributed by atoms with van der Waals surface area (Å²) in [6, 6.07) is 7.79. The molecule has 1 saturated heterocycles. The maximum Gasteiger partial charge on any atom is 0.319 e. The number of benzene rings is 1. The number of aromatic nitrogens is 3. The fourth-order valence-electron chi connectivity index (χ4n) is 4.94. The molecule has 2 aromatic heterocycles. The van der Waals surface area contributed by atoms with Gasteiger partial charge in [0, 0.05) is 23.9 Å². The van der Waals surface area contributed by atoms with Crippen LogP contribution in [0.15, 0.2) is 39.8 Å². The van der Waals surface area contributed by atoms with Crippen LogP contribution in [0, 0.1) is 13.8 Å². The van der Waals surface area contributed by atoms with Crippen LogP contribution < -0.4 is 15.5 Å². The van der Waals surface area contributed by atoms with Crippen LogP contribution in [-0.2, 0) is 9.48 Å². The highest BCUT2D eigenvalue weighted by molar-refractivity contribution is 8.25. The van der Waals surface area contributed by atoms with E-state index in [9.17, 15) is 22.7 Å². The Morgan fingerprint density at radius 1 is 1.23 bits per heavy atom. The number of alkyl halides is 2. The van der Waals surface area contributed by atoms with Gasteiger partial charge in [-0.25, -0.2) is 23.5 Å². The fourth-order valence-corrected chi connectivity index (χ4v) is 7.28. The normalized spacial score (nSPS) is 19.0. The van der Waals surface area contributed by atoms with Crippen LogP contribution in [0.1, 0.15) is 36.9 Å². The molecule has 2 aliphatic rings. The van der Waals surface area contributed by atoms with E-state index in [1.807, 2.05) is 13.0 Å². The standard InChI is InChI=1S/C26H32F2N6O5S/c1-15-14-38-11-10-34(15)22-12-20(26(8-9-26)40(36,37)23-16(2)33-39-17(23)3)31-24(32-22)18-4-6-19(7-5-18)30-25(35)29-13-21(27)28/h4-7,12,15,21,36-37H,8-11,13-14H2,1-3H3,(H2,29,30,35)/t15-/m0/s1. The van der Waals surface area contributed by atoms with Gasteiger partial charge in [0.2, 0.25) is 0 Å². The van der Waals surface area contributed by atoms with Gasteiger partial charge in [0.15, 0.2) is 11.6 Å². The van der Waals surface area contributed by atoms with Crippen molar-refractivity contribution in [3.05, 3.63) is 47.5 Å². The number of nitrogens with zero attached hydrogens (tertiary/aromatic N) is 4. The molecule has 0 unspecified atom stereocenters. The molecule has 1 aromatic carbocycles. The molecule has 5 rings (SSSR count). The molecule has 0 radical (unpaired) electrons. The van der Waals surface area contributed by atoms with Crippen LogP contribution in [0.5, 0.6) is 0 Å². The predicted molar refractivity (Wildman–Crippen MR) is 146 cm³/mol. The van der Waals surface area contributed by atoms with Crippen LogP contribution in [0.4, 0.5) is 25.1 Å². The summed E-state index contributed by atoms with van der Waals surface area (Å²) >= 11 is 0. The van der Waals surface area contributed by atoms with Crippen molar-refractivity contribution in [1.82, 2.24) is 20.4 Å². The SMILES string of the molecule is Cc1noc(C)c1S(O)(O)C1(c2cc(N3CCOC[C@@H]3C)nc(-c3ccc(NC(=O)NCC(F)F)cc3)n2)CC1.